The molecule has 19 valence electrons. The Morgan fingerprint density at radius 1 is 1.00 bits per heavy atom. The van der Waals surface area contributed by atoms with Crippen LogP contribution in [0, 0.1) is 0 Å². The Kier molecular flexibility index (Phi) is 231. The first kappa shape index (κ1) is 42.2. The van der Waals surface area contributed by atoms with Gasteiger partial charge in [-0.3, -0.25) is 0 Å². The molecule has 0 amide bonds. The van der Waals surface area contributed by atoms with Crippen molar-refractivity contribution in [2.75, 3.05) is 0 Å². The Labute approximate surface area is 91.8 Å². The summed E-state index contributed by atoms with van der Waals surface area (Å²) < 4.78 is 0. The average molecular weight is 360 g/mol. The van der Waals surface area contributed by atoms with Crippen molar-refractivity contribution in [2.24, 2.45) is 0 Å². The minimum Gasteiger partial charge on any atom is -3.00 e. The van der Waals surface area contributed by atoms with Gasteiger partial charge in [-0.25, -0.2) is 0 Å². The van der Waals surface area contributed by atoms with Gasteiger partial charge in [-0.15, -0.1) is 0 Å². The SMILES string of the molecule is [As-3].[Ga+3].[Ga].[In].[P]. The summed E-state index contributed by atoms with van der Waals surface area (Å²) in [6, 6.07) is 0. The van der Waals surface area contributed by atoms with E-state index in [1.54, 1.807) is 0 Å². The van der Waals surface area contributed by atoms with Gasteiger partial charge < -0.3 is 18.0 Å². The van der Waals surface area contributed by atoms with Crippen LogP contribution in [0.1, 0.15) is 0 Å². The first-order valence-electron chi connectivity index (χ1n) is 0. The summed E-state index contributed by atoms with van der Waals surface area (Å²) in [5, 5.41) is 0. The Hall–Kier alpha value is 3.13. The van der Waals surface area contributed by atoms with Crippen molar-refractivity contribution in [3.05, 3.63) is 0 Å². The molecule has 0 aromatic rings. The van der Waals surface area contributed by atoms with Crippen molar-refractivity contribution in [3.63, 3.8) is 0 Å². The summed E-state index contributed by atoms with van der Waals surface area (Å²) in [5.41, 5.74) is 0. The summed E-state index contributed by atoms with van der Waals surface area (Å²) in [6.45, 7) is 0. The Bertz CT molecular complexity index is 9.61. The fourth-order valence-electron chi connectivity index (χ4n) is 0. The minimum atomic E-state index is 0. The Balaban J connectivity index is 0. The van der Waals surface area contributed by atoms with Crippen molar-refractivity contribution < 1.29 is 0 Å². The molecular weight excluding hydrogens is 360 g/mol. The summed E-state index contributed by atoms with van der Waals surface area (Å²) in [4.78, 5) is 0. The fourth-order valence-corrected chi connectivity index (χ4v) is 0. The Morgan fingerprint density at radius 2 is 1.00 bits per heavy atom. The van der Waals surface area contributed by atoms with Gasteiger partial charge in [0.25, 0.3) is 0 Å². The topological polar surface area (TPSA) is 0 Å². The maximum atomic E-state index is 0. The molecule has 0 nitrogen and oxygen atoms in total. The van der Waals surface area contributed by atoms with Crippen LogP contribution < -0.4 is 0 Å². The van der Waals surface area contributed by atoms with Gasteiger partial charge in [-0.2, -0.15) is 0 Å². The largest absolute Gasteiger partial charge is 3.00 e. The van der Waals surface area contributed by atoms with Crippen molar-refractivity contribution in [2.45, 2.75) is 0 Å². The molecule has 0 aliphatic heterocycles. The van der Waals surface area contributed by atoms with Gasteiger partial charge in [-0.05, 0) is 0 Å². The molecule has 0 heterocycles. The zero-order valence-corrected chi connectivity index (χ0v) is 13.5. The van der Waals surface area contributed by atoms with Crippen LogP contribution in [0.3, 0.4) is 0 Å². The molecule has 0 saturated carbocycles. The molecule has 0 saturated heterocycles. The molecule has 0 aromatic heterocycles. The second-order valence-electron chi connectivity index (χ2n) is 0. The quantitative estimate of drug-likeness (QED) is 0.398. The van der Waals surface area contributed by atoms with Crippen LogP contribution in [-0.4, -0.2) is 83.4 Å². The maximum Gasteiger partial charge on any atom is 3.00 e. The predicted octanol–water partition coefficient (Wildman–Crippen LogP) is -0.662. The van der Waals surface area contributed by atoms with E-state index in [1.165, 1.54) is 0 Å². The van der Waals surface area contributed by atoms with Crippen LogP contribution in [0.25, 0.3) is 0 Å². The summed E-state index contributed by atoms with van der Waals surface area (Å²) >= 11 is 0. The molecule has 0 aliphatic carbocycles. The average Bonchev–Trinajstić information content (AvgIpc) is 0. The fraction of sp³-hybridized carbons (Fsp3) is 0. The van der Waals surface area contributed by atoms with Crippen LogP contribution in [0.4, 0.5) is 0 Å². The van der Waals surface area contributed by atoms with E-state index in [4.69, 9.17) is 0 Å². The van der Waals surface area contributed by atoms with E-state index in [0.29, 0.717) is 0 Å². The second-order valence-corrected chi connectivity index (χ2v) is 0. The van der Waals surface area contributed by atoms with Gasteiger partial charge in [0.2, 0.25) is 0 Å². The van der Waals surface area contributed by atoms with Crippen LogP contribution in [0.15, 0.2) is 0 Å². The van der Waals surface area contributed by atoms with E-state index in [0.717, 1.165) is 0 Å². The van der Waals surface area contributed by atoms with Gasteiger partial charge in [0.1, 0.15) is 0 Å². The normalized spacial score (nSPS) is 0. The third kappa shape index (κ3) is 19.2. The van der Waals surface area contributed by atoms with Gasteiger partial charge in [0.05, 0.1) is 0 Å². The summed E-state index contributed by atoms with van der Waals surface area (Å²) in [5.74, 6) is 0. The van der Waals surface area contributed by atoms with Gasteiger partial charge >= 0.3 is 19.8 Å². The molecular formula is AsGa2InP. The molecule has 0 unspecified atom stereocenters. The monoisotopic (exact) mass is 359 g/mol. The zero-order valence-electron chi connectivity index (χ0n) is 2.63. The molecule has 0 N–H and O–H groups in total. The zero-order chi connectivity index (χ0) is 0. The molecule has 0 aromatic carbocycles. The van der Waals surface area contributed by atoms with Crippen LogP contribution in [-0.2, 0) is 0 Å². The number of hydrogen-bond acceptors (Lipinski definition) is 0. The van der Waals surface area contributed by atoms with Crippen LogP contribution in [0.5, 0.6) is 0 Å². The standard InChI is InChI=1S/As.2Ga.In.P/q-3;;+3;;. The van der Waals surface area contributed by atoms with E-state index in [2.05, 4.69) is 0 Å². The molecule has 0 rings (SSSR count). The van der Waals surface area contributed by atoms with E-state index < -0.39 is 0 Å². The van der Waals surface area contributed by atoms with Crippen molar-refractivity contribution in [3.8, 4) is 0 Å². The van der Waals surface area contributed by atoms with Gasteiger partial charge in [-0.1, -0.05) is 0 Å². The van der Waals surface area contributed by atoms with Crippen LogP contribution in [0.2, 0.25) is 0 Å². The molecule has 5 heteroatoms. The number of hydrogen-bond donors (Lipinski definition) is 0. The summed E-state index contributed by atoms with van der Waals surface area (Å²) in [7, 11) is 0. The van der Waals surface area contributed by atoms with E-state index in [-0.39, 0.29) is 93.3 Å². The van der Waals surface area contributed by atoms with E-state index in [1.807, 2.05) is 0 Å². The van der Waals surface area contributed by atoms with Crippen molar-refractivity contribution >= 4 is 93.3 Å². The van der Waals surface area contributed by atoms with Gasteiger partial charge in [0.15, 0.2) is 0 Å². The molecule has 0 atom stereocenters. The number of rotatable bonds is 0. The molecule has 9 radical (unpaired) electrons. The molecule has 0 spiro atoms. The van der Waals surface area contributed by atoms with E-state index >= 15 is 0 Å². The van der Waals surface area contributed by atoms with Gasteiger partial charge in [0, 0.05) is 55.5 Å². The first-order valence-corrected chi connectivity index (χ1v) is 0. The molecule has 5 heavy (non-hydrogen) atoms. The second kappa shape index (κ2) is 27.3. The first-order chi connectivity index (χ1) is 0. The molecule has 0 bridgehead atoms. The predicted molar refractivity (Wildman–Crippen MR) is 29.9 cm³/mol. The smallest absolute Gasteiger partial charge is 3.00 e. The van der Waals surface area contributed by atoms with Crippen molar-refractivity contribution in [1.29, 1.82) is 0 Å². The third-order valence-corrected chi connectivity index (χ3v) is 0. The maximum absolute atomic E-state index is 0. The summed E-state index contributed by atoms with van der Waals surface area (Å²) in [6.07, 6.45) is 0. The third-order valence-electron chi connectivity index (χ3n) is 0. The minimum absolute atomic E-state index is 0. The van der Waals surface area contributed by atoms with E-state index in [9.17, 15) is 0 Å². The molecule has 0 aliphatic rings. The molecule has 0 fully saturated rings. The van der Waals surface area contributed by atoms with Crippen molar-refractivity contribution in [1.82, 2.24) is 0 Å². The van der Waals surface area contributed by atoms with Crippen LogP contribution >= 0.6 is 9.90 Å². The Morgan fingerprint density at radius 3 is 1.00 bits per heavy atom.